The lowest BCUT2D eigenvalue weighted by Gasteiger charge is -2.54. The Morgan fingerprint density at radius 3 is 2.46 bits per heavy atom. The topological polar surface area (TPSA) is 163 Å². The number of tetrazole rings is 1. The van der Waals surface area contributed by atoms with E-state index in [1.807, 2.05) is 0 Å². The van der Waals surface area contributed by atoms with Crippen LogP contribution in [0.3, 0.4) is 0 Å². The van der Waals surface area contributed by atoms with E-state index in [9.17, 15) is 14.4 Å². The number of nitrogens with two attached hydrogens (primary N) is 1. The Balaban J connectivity index is 1.99. The summed E-state index contributed by atoms with van der Waals surface area (Å²) in [5.74, 6) is -1.20. The highest BCUT2D eigenvalue weighted by atomic mass is 32.2. The van der Waals surface area contributed by atoms with E-state index in [2.05, 4.69) is 20.6 Å². The number of hydrogen-bond acceptors (Lipinski definition) is 12. The maximum absolute atomic E-state index is 13.4. The Hall–Kier alpha value is -2.16. The monoisotopic (exact) mass is 528 g/mol. The van der Waals surface area contributed by atoms with Crippen molar-refractivity contribution in [3.05, 3.63) is 11.3 Å². The number of amides is 1. The number of hydrogen-bond donors (Lipinski definition) is 2. The molecule has 3 N–H and O–H groups in total. The molecule has 0 saturated carbocycles. The van der Waals surface area contributed by atoms with E-state index in [4.69, 9.17) is 19.9 Å². The van der Waals surface area contributed by atoms with Gasteiger partial charge in [0.15, 0.2) is 0 Å². The number of rotatable bonds is 8. The Morgan fingerprint density at radius 2 is 1.91 bits per heavy atom. The number of ether oxygens (including phenoxy) is 3. The van der Waals surface area contributed by atoms with Crippen LogP contribution in [0.25, 0.3) is 0 Å². The molecule has 1 fully saturated rings. The largest absolute Gasteiger partial charge is 0.460 e. The van der Waals surface area contributed by atoms with E-state index in [1.165, 1.54) is 35.5 Å². The smallest absolute Gasteiger partial charge is 0.355 e. The van der Waals surface area contributed by atoms with Crippen molar-refractivity contribution in [1.29, 1.82) is 0 Å². The number of methoxy groups -OCH3 is 1. The van der Waals surface area contributed by atoms with Crippen LogP contribution in [0.5, 0.6) is 0 Å². The number of β-lactam (4-membered cyclic amide) rings is 1. The fourth-order valence-electron chi connectivity index (χ4n) is 3.61. The molecule has 3 rings (SSSR count). The van der Waals surface area contributed by atoms with Crippen molar-refractivity contribution in [3.8, 4) is 0 Å². The predicted octanol–water partition coefficient (Wildman–Crippen LogP) is 1.59. The third kappa shape index (κ3) is 6.16. The van der Waals surface area contributed by atoms with E-state index in [1.54, 1.807) is 41.5 Å². The van der Waals surface area contributed by atoms with Gasteiger partial charge in [0.25, 0.3) is 5.91 Å². The van der Waals surface area contributed by atoms with Gasteiger partial charge in [-0.05, 0) is 64.0 Å². The van der Waals surface area contributed by atoms with Gasteiger partial charge in [0.2, 0.25) is 10.9 Å². The van der Waals surface area contributed by atoms with Gasteiger partial charge in [-0.3, -0.25) is 20.2 Å². The van der Waals surface area contributed by atoms with Gasteiger partial charge in [-0.2, -0.15) is 0 Å². The molecule has 0 aromatic carbocycles. The highest BCUT2D eigenvalue weighted by Gasteiger charge is 2.64. The quantitative estimate of drug-likeness (QED) is 0.217. The average molecular weight is 529 g/mol. The van der Waals surface area contributed by atoms with Gasteiger partial charge in [-0.1, -0.05) is 11.8 Å². The van der Waals surface area contributed by atoms with Crippen molar-refractivity contribution in [3.63, 3.8) is 0 Å². The minimum Gasteiger partial charge on any atom is -0.460 e. The lowest BCUT2D eigenvalue weighted by Crippen LogP contribution is -2.79. The highest BCUT2D eigenvalue weighted by Crippen LogP contribution is 2.48. The first-order valence-electron chi connectivity index (χ1n) is 11.0. The normalized spacial score (nSPS) is 23.5. The number of fused-ring (bicyclic) bond motifs is 1. The van der Waals surface area contributed by atoms with Crippen LogP contribution in [-0.2, 0) is 28.6 Å². The fourth-order valence-corrected chi connectivity index (χ4v) is 6.20. The third-order valence-corrected chi connectivity index (χ3v) is 7.58. The first kappa shape index (κ1) is 27.4. The zero-order chi connectivity index (χ0) is 26.2. The summed E-state index contributed by atoms with van der Waals surface area (Å²) in [5.41, 5.74) is 3.95. The number of H-pyrrole nitrogens is 1. The van der Waals surface area contributed by atoms with Crippen LogP contribution in [0.4, 0.5) is 0 Å². The van der Waals surface area contributed by atoms with Crippen LogP contribution >= 0.6 is 23.5 Å². The molecule has 2 aliphatic rings. The molecule has 1 aromatic heterocycles. The predicted molar refractivity (Wildman–Crippen MR) is 129 cm³/mol. The number of aromatic nitrogens is 4. The van der Waals surface area contributed by atoms with Gasteiger partial charge in [0.05, 0.1) is 0 Å². The second kappa shape index (κ2) is 10.1. The summed E-state index contributed by atoms with van der Waals surface area (Å²) in [7, 11) is 1.36. The standard InChI is InChI=1S/C21H32N6O6S2/c1-19(2,3)32-13(28)9-8-12(35-18-23-25-26-24-18)11-10-34-17-21(22,31-7)16(30)27(17)14(11)15(29)33-20(4,5)6/h12,17H,8-10,22H2,1-7H3,(H,23,24,25,26)/t12?,17-,21-/m0/s1. The van der Waals surface area contributed by atoms with Crippen molar-refractivity contribution < 1.29 is 28.6 Å². The Labute approximate surface area is 212 Å². The van der Waals surface area contributed by atoms with Crippen molar-refractivity contribution in [2.75, 3.05) is 12.9 Å². The Kier molecular flexibility index (Phi) is 7.89. The van der Waals surface area contributed by atoms with Gasteiger partial charge in [0.1, 0.15) is 22.3 Å². The van der Waals surface area contributed by atoms with Crippen molar-refractivity contribution >= 4 is 41.4 Å². The number of aromatic amines is 1. The molecule has 2 aliphatic heterocycles. The number of carbonyl (C=O) groups is 3. The molecule has 0 aliphatic carbocycles. The van der Waals surface area contributed by atoms with Crippen molar-refractivity contribution in [1.82, 2.24) is 25.5 Å². The molecule has 1 amide bonds. The summed E-state index contributed by atoms with van der Waals surface area (Å²) in [6, 6.07) is 0. The third-order valence-electron chi connectivity index (χ3n) is 5.03. The zero-order valence-corrected chi connectivity index (χ0v) is 22.5. The number of esters is 2. The Morgan fingerprint density at radius 1 is 1.26 bits per heavy atom. The number of carbonyl (C=O) groups excluding carboxylic acids is 3. The SMILES string of the molecule is CO[C@@]1(N)C(=O)N2C(C(=O)OC(C)(C)C)=C(C(CCC(=O)OC(C)(C)C)Sc3nnn[nH]3)CS[C@H]21. The lowest BCUT2D eigenvalue weighted by molar-refractivity contribution is -0.184. The summed E-state index contributed by atoms with van der Waals surface area (Å²) < 4.78 is 16.4. The first-order chi connectivity index (χ1) is 16.2. The van der Waals surface area contributed by atoms with Gasteiger partial charge < -0.3 is 14.2 Å². The molecule has 0 radical (unpaired) electrons. The molecule has 35 heavy (non-hydrogen) atoms. The molecular weight excluding hydrogens is 496 g/mol. The molecular formula is C21H32N6O6S2. The average Bonchev–Trinajstić information content (AvgIpc) is 3.25. The van der Waals surface area contributed by atoms with Crippen LogP contribution in [0.2, 0.25) is 0 Å². The molecule has 0 bridgehead atoms. The van der Waals surface area contributed by atoms with Crippen molar-refractivity contribution in [2.45, 2.75) is 87.1 Å². The first-order valence-corrected chi connectivity index (χ1v) is 13.0. The maximum Gasteiger partial charge on any atom is 0.355 e. The molecule has 1 aromatic rings. The highest BCUT2D eigenvalue weighted by molar-refractivity contribution is 8.01. The molecule has 1 saturated heterocycles. The van der Waals surface area contributed by atoms with Gasteiger partial charge in [-0.15, -0.1) is 16.9 Å². The zero-order valence-electron chi connectivity index (χ0n) is 20.9. The van der Waals surface area contributed by atoms with E-state index in [0.717, 1.165) is 0 Å². The van der Waals surface area contributed by atoms with Crippen LogP contribution < -0.4 is 5.73 Å². The van der Waals surface area contributed by atoms with Crippen LogP contribution in [0.1, 0.15) is 54.4 Å². The van der Waals surface area contributed by atoms with Crippen molar-refractivity contribution in [2.24, 2.45) is 5.73 Å². The van der Waals surface area contributed by atoms with E-state index in [-0.39, 0.29) is 18.1 Å². The fraction of sp³-hybridized carbons (Fsp3) is 0.714. The second-order valence-corrected chi connectivity index (χ2v) is 12.4. The minimum atomic E-state index is -1.53. The number of thioether (sulfide) groups is 2. The van der Waals surface area contributed by atoms with Crippen LogP contribution in [0, 0.1) is 0 Å². The molecule has 12 nitrogen and oxygen atoms in total. The summed E-state index contributed by atoms with van der Waals surface area (Å²) in [6.45, 7) is 10.6. The summed E-state index contributed by atoms with van der Waals surface area (Å²) in [4.78, 5) is 40.2. The molecule has 1 unspecified atom stereocenters. The van der Waals surface area contributed by atoms with E-state index in [0.29, 0.717) is 22.9 Å². The minimum absolute atomic E-state index is 0.0859. The molecule has 3 atom stereocenters. The van der Waals surface area contributed by atoms with E-state index >= 15 is 0 Å². The van der Waals surface area contributed by atoms with Gasteiger partial charge >= 0.3 is 11.9 Å². The van der Waals surface area contributed by atoms with Crippen LogP contribution in [0.15, 0.2) is 16.4 Å². The van der Waals surface area contributed by atoms with Crippen LogP contribution in [-0.4, -0.2) is 83.8 Å². The summed E-state index contributed by atoms with van der Waals surface area (Å²) in [6.07, 6.45) is 0.399. The molecule has 3 heterocycles. The molecule has 14 heteroatoms. The van der Waals surface area contributed by atoms with E-state index < -0.39 is 39.4 Å². The summed E-state index contributed by atoms with van der Waals surface area (Å²) in [5, 5.41) is 13.2. The summed E-state index contributed by atoms with van der Waals surface area (Å²) >= 11 is 2.64. The van der Waals surface area contributed by atoms with Gasteiger partial charge in [0, 0.05) is 24.5 Å². The Bertz CT molecular complexity index is 1000. The maximum atomic E-state index is 13.4. The number of nitrogens with one attached hydrogen (secondary N) is 1. The second-order valence-electron chi connectivity index (χ2n) is 10.1. The number of nitrogens with zero attached hydrogens (tertiary/aromatic N) is 4. The molecule has 0 spiro atoms. The lowest BCUT2D eigenvalue weighted by atomic mass is 9.97. The molecule has 194 valence electrons. The van der Waals surface area contributed by atoms with Gasteiger partial charge in [-0.25, -0.2) is 9.89 Å².